The summed E-state index contributed by atoms with van der Waals surface area (Å²) in [5.41, 5.74) is 7.05. The van der Waals surface area contributed by atoms with Crippen molar-refractivity contribution in [2.24, 2.45) is 5.73 Å². The SMILES string of the molecule is COc1ccc(Br)c(C(N)C(C)OC)c1. The van der Waals surface area contributed by atoms with Crippen molar-refractivity contribution in [1.82, 2.24) is 0 Å². The van der Waals surface area contributed by atoms with Gasteiger partial charge in [0, 0.05) is 11.6 Å². The lowest BCUT2D eigenvalue weighted by Gasteiger charge is -2.20. The molecule has 0 fully saturated rings. The Morgan fingerprint density at radius 1 is 1.33 bits per heavy atom. The molecule has 0 heterocycles. The fraction of sp³-hybridized carbons (Fsp3) is 0.455. The first-order valence-corrected chi connectivity index (χ1v) is 5.51. The predicted octanol–water partition coefficient (Wildman–Crippen LogP) is 2.49. The molecule has 4 heteroatoms. The Labute approximate surface area is 98.7 Å². The molecule has 0 aliphatic carbocycles. The van der Waals surface area contributed by atoms with Gasteiger partial charge in [-0.15, -0.1) is 0 Å². The van der Waals surface area contributed by atoms with E-state index >= 15 is 0 Å². The van der Waals surface area contributed by atoms with Gasteiger partial charge in [-0.25, -0.2) is 0 Å². The molecule has 2 N–H and O–H groups in total. The molecule has 1 rings (SSSR count). The Balaban J connectivity index is 3.01. The first-order chi connectivity index (χ1) is 7.10. The van der Waals surface area contributed by atoms with E-state index in [2.05, 4.69) is 15.9 Å². The molecule has 15 heavy (non-hydrogen) atoms. The van der Waals surface area contributed by atoms with Crippen molar-refractivity contribution in [3.63, 3.8) is 0 Å². The van der Waals surface area contributed by atoms with Gasteiger partial charge in [0.15, 0.2) is 0 Å². The fourth-order valence-corrected chi connectivity index (χ4v) is 1.81. The maximum Gasteiger partial charge on any atom is 0.119 e. The summed E-state index contributed by atoms with van der Waals surface area (Å²) >= 11 is 3.47. The maximum atomic E-state index is 6.06. The van der Waals surface area contributed by atoms with Crippen LogP contribution in [-0.4, -0.2) is 20.3 Å². The Bertz CT molecular complexity index is 330. The Morgan fingerprint density at radius 2 is 2.00 bits per heavy atom. The first kappa shape index (κ1) is 12.5. The van der Waals surface area contributed by atoms with Gasteiger partial charge in [-0.3, -0.25) is 0 Å². The lowest BCUT2D eigenvalue weighted by Crippen LogP contribution is -2.25. The molecule has 1 aromatic rings. The maximum absolute atomic E-state index is 6.06. The highest BCUT2D eigenvalue weighted by Gasteiger charge is 2.17. The summed E-state index contributed by atoms with van der Waals surface area (Å²) in [4.78, 5) is 0. The molecule has 0 spiro atoms. The van der Waals surface area contributed by atoms with Crippen LogP contribution in [0, 0.1) is 0 Å². The molecular weight excluding hydrogens is 258 g/mol. The van der Waals surface area contributed by atoms with Crippen LogP contribution < -0.4 is 10.5 Å². The molecule has 0 aromatic heterocycles. The summed E-state index contributed by atoms with van der Waals surface area (Å²) < 4.78 is 11.3. The second-order valence-electron chi connectivity index (χ2n) is 3.35. The smallest absolute Gasteiger partial charge is 0.119 e. The second kappa shape index (κ2) is 5.49. The molecule has 2 unspecified atom stereocenters. The van der Waals surface area contributed by atoms with Crippen LogP contribution in [-0.2, 0) is 4.74 Å². The van der Waals surface area contributed by atoms with Gasteiger partial charge in [-0.2, -0.15) is 0 Å². The third-order valence-corrected chi connectivity index (χ3v) is 3.16. The molecule has 0 bridgehead atoms. The van der Waals surface area contributed by atoms with Gasteiger partial charge in [0.2, 0.25) is 0 Å². The van der Waals surface area contributed by atoms with Gasteiger partial charge in [0.1, 0.15) is 5.75 Å². The van der Waals surface area contributed by atoms with E-state index in [1.165, 1.54) is 0 Å². The van der Waals surface area contributed by atoms with Crippen LogP contribution in [0.15, 0.2) is 22.7 Å². The minimum absolute atomic E-state index is 0.0339. The zero-order valence-corrected chi connectivity index (χ0v) is 10.7. The Hall–Kier alpha value is -0.580. The van der Waals surface area contributed by atoms with Crippen molar-refractivity contribution in [3.05, 3.63) is 28.2 Å². The van der Waals surface area contributed by atoms with E-state index in [-0.39, 0.29) is 12.1 Å². The zero-order valence-electron chi connectivity index (χ0n) is 9.16. The van der Waals surface area contributed by atoms with E-state index in [0.717, 1.165) is 15.8 Å². The van der Waals surface area contributed by atoms with Gasteiger partial charge >= 0.3 is 0 Å². The summed E-state index contributed by atoms with van der Waals surface area (Å²) in [5, 5.41) is 0. The summed E-state index contributed by atoms with van der Waals surface area (Å²) in [5.74, 6) is 0.798. The van der Waals surface area contributed by atoms with E-state index in [1.54, 1.807) is 14.2 Å². The number of rotatable bonds is 4. The van der Waals surface area contributed by atoms with Gasteiger partial charge in [0.25, 0.3) is 0 Å². The topological polar surface area (TPSA) is 44.5 Å². The number of nitrogens with two attached hydrogens (primary N) is 1. The number of methoxy groups -OCH3 is 2. The average molecular weight is 274 g/mol. The molecule has 0 aliphatic heterocycles. The first-order valence-electron chi connectivity index (χ1n) is 4.72. The predicted molar refractivity (Wildman–Crippen MR) is 64.1 cm³/mol. The summed E-state index contributed by atoms with van der Waals surface area (Å²) in [7, 11) is 3.29. The molecule has 2 atom stereocenters. The zero-order chi connectivity index (χ0) is 11.4. The van der Waals surface area contributed by atoms with Crippen LogP contribution in [0.1, 0.15) is 18.5 Å². The Kier molecular flexibility index (Phi) is 4.57. The van der Waals surface area contributed by atoms with Crippen LogP contribution >= 0.6 is 15.9 Å². The van der Waals surface area contributed by atoms with E-state index in [0.29, 0.717) is 0 Å². The van der Waals surface area contributed by atoms with Crippen molar-refractivity contribution >= 4 is 15.9 Å². The number of hydrogen-bond donors (Lipinski definition) is 1. The van der Waals surface area contributed by atoms with Crippen LogP contribution in [0.5, 0.6) is 5.75 Å². The molecule has 0 amide bonds. The van der Waals surface area contributed by atoms with Crippen LogP contribution in [0.3, 0.4) is 0 Å². The number of hydrogen-bond acceptors (Lipinski definition) is 3. The molecule has 3 nitrogen and oxygen atoms in total. The fourth-order valence-electron chi connectivity index (χ4n) is 1.30. The van der Waals surface area contributed by atoms with Crippen molar-refractivity contribution in [2.45, 2.75) is 19.1 Å². The van der Waals surface area contributed by atoms with Crippen LogP contribution in [0.2, 0.25) is 0 Å². The lowest BCUT2D eigenvalue weighted by molar-refractivity contribution is 0.0954. The highest BCUT2D eigenvalue weighted by atomic mass is 79.9. The largest absolute Gasteiger partial charge is 0.497 e. The monoisotopic (exact) mass is 273 g/mol. The van der Waals surface area contributed by atoms with E-state index in [1.807, 2.05) is 25.1 Å². The van der Waals surface area contributed by atoms with E-state index in [9.17, 15) is 0 Å². The quantitative estimate of drug-likeness (QED) is 0.917. The third-order valence-electron chi connectivity index (χ3n) is 2.44. The van der Waals surface area contributed by atoms with Gasteiger partial charge in [-0.1, -0.05) is 15.9 Å². The van der Waals surface area contributed by atoms with Crippen molar-refractivity contribution in [3.8, 4) is 5.75 Å². The van der Waals surface area contributed by atoms with E-state index in [4.69, 9.17) is 15.2 Å². The average Bonchev–Trinajstić information content (AvgIpc) is 2.27. The van der Waals surface area contributed by atoms with Crippen LogP contribution in [0.25, 0.3) is 0 Å². The minimum Gasteiger partial charge on any atom is -0.497 e. The number of benzene rings is 1. The highest BCUT2D eigenvalue weighted by Crippen LogP contribution is 2.28. The van der Waals surface area contributed by atoms with Crippen molar-refractivity contribution in [2.75, 3.05) is 14.2 Å². The number of halogens is 1. The normalized spacial score (nSPS) is 14.7. The molecule has 0 saturated carbocycles. The van der Waals surface area contributed by atoms with E-state index < -0.39 is 0 Å². The molecule has 0 radical (unpaired) electrons. The highest BCUT2D eigenvalue weighted by molar-refractivity contribution is 9.10. The number of ether oxygens (including phenoxy) is 2. The molecule has 0 aliphatic rings. The second-order valence-corrected chi connectivity index (χ2v) is 4.21. The van der Waals surface area contributed by atoms with Crippen molar-refractivity contribution in [1.29, 1.82) is 0 Å². The van der Waals surface area contributed by atoms with Gasteiger partial charge < -0.3 is 15.2 Å². The Morgan fingerprint density at radius 3 is 2.53 bits per heavy atom. The standard InChI is InChI=1S/C11H16BrNO2/c1-7(14-2)11(13)9-6-8(15-3)4-5-10(9)12/h4-7,11H,13H2,1-3H3. The summed E-state index contributed by atoms with van der Waals surface area (Å²) in [6, 6.07) is 5.57. The van der Waals surface area contributed by atoms with Crippen molar-refractivity contribution < 1.29 is 9.47 Å². The van der Waals surface area contributed by atoms with Crippen LogP contribution in [0.4, 0.5) is 0 Å². The molecule has 1 aromatic carbocycles. The molecular formula is C11H16BrNO2. The lowest BCUT2D eigenvalue weighted by atomic mass is 10.0. The molecule has 0 saturated heterocycles. The molecule has 84 valence electrons. The van der Waals surface area contributed by atoms with Gasteiger partial charge in [-0.05, 0) is 30.7 Å². The third kappa shape index (κ3) is 2.93. The summed E-state index contributed by atoms with van der Waals surface area (Å²) in [6.07, 6.45) is -0.0339. The minimum atomic E-state index is -0.167. The summed E-state index contributed by atoms with van der Waals surface area (Å²) in [6.45, 7) is 1.94. The van der Waals surface area contributed by atoms with Gasteiger partial charge in [0.05, 0.1) is 19.3 Å².